The molecule has 2 heteroatoms. The lowest BCUT2D eigenvalue weighted by atomic mass is 9.92. The first-order valence-corrected chi connectivity index (χ1v) is 7.13. The first-order chi connectivity index (χ1) is 8.15. The number of rotatable bonds is 11. The fraction of sp³-hybridized carbons (Fsp3) is 0.933. The molecule has 0 bridgehead atoms. The topological polar surface area (TPSA) is 26.3 Å². The number of methoxy groups -OCH3 is 1. The van der Waals surface area contributed by atoms with Crippen molar-refractivity contribution in [3.63, 3.8) is 0 Å². The molecule has 0 N–H and O–H groups in total. The summed E-state index contributed by atoms with van der Waals surface area (Å²) in [5.41, 5.74) is 0. The predicted molar refractivity (Wildman–Crippen MR) is 73.2 cm³/mol. The number of hydrogen-bond donors (Lipinski definition) is 0. The van der Waals surface area contributed by atoms with E-state index in [0.717, 1.165) is 37.9 Å². The van der Waals surface area contributed by atoms with E-state index in [1.165, 1.54) is 19.3 Å². The Morgan fingerprint density at radius 3 is 2.18 bits per heavy atom. The van der Waals surface area contributed by atoms with Gasteiger partial charge in [-0.1, -0.05) is 52.9 Å². The zero-order chi connectivity index (χ0) is 13.1. The number of unbranched alkanes of at least 4 members (excludes halogenated alkanes) is 2. The van der Waals surface area contributed by atoms with E-state index in [9.17, 15) is 4.79 Å². The third-order valence-electron chi connectivity index (χ3n) is 3.37. The number of aldehydes is 1. The van der Waals surface area contributed by atoms with Crippen LogP contribution in [0.5, 0.6) is 0 Å². The summed E-state index contributed by atoms with van der Waals surface area (Å²) in [6.45, 7) is 6.66. The van der Waals surface area contributed by atoms with Gasteiger partial charge in [0, 0.05) is 13.0 Å². The van der Waals surface area contributed by atoms with Crippen LogP contribution in [-0.2, 0) is 9.53 Å². The lowest BCUT2D eigenvalue weighted by Gasteiger charge is -2.21. The van der Waals surface area contributed by atoms with Crippen molar-refractivity contribution in [1.82, 2.24) is 0 Å². The summed E-state index contributed by atoms with van der Waals surface area (Å²) >= 11 is 0. The van der Waals surface area contributed by atoms with Crippen LogP contribution in [-0.4, -0.2) is 19.5 Å². The summed E-state index contributed by atoms with van der Waals surface area (Å²) in [5, 5.41) is 0. The van der Waals surface area contributed by atoms with E-state index in [-0.39, 0.29) is 12.0 Å². The minimum absolute atomic E-state index is 0.0960. The molecule has 0 heterocycles. The molecule has 0 aliphatic carbocycles. The summed E-state index contributed by atoms with van der Waals surface area (Å²) in [4.78, 5) is 11.1. The molecule has 0 aromatic rings. The normalized spacial score (nSPS) is 14.9. The highest BCUT2D eigenvalue weighted by atomic mass is 16.5. The lowest BCUT2D eigenvalue weighted by molar-refractivity contribution is -0.115. The van der Waals surface area contributed by atoms with Gasteiger partial charge in [0.2, 0.25) is 0 Å². The van der Waals surface area contributed by atoms with E-state index >= 15 is 0 Å². The standard InChI is InChI=1S/C15H30O2/c1-5-6-11-15(17-4)14(12-16)10-8-7-9-13(2)3/h12-15H,5-11H2,1-4H3. The maximum atomic E-state index is 11.1. The molecule has 0 radical (unpaired) electrons. The maximum absolute atomic E-state index is 11.1. The molecule has 2 atom stereocenters. The minimum Gasteiger partial charge on any atom is -0.381 e. The van der Waals surface area contributed by atoms with Crippen LogP contribution < -0.4 is 0 Å². The number of carbonyl (C=O) groups excluding carboxylic acids is 1. The zero-order valence-electron chi connectivity index (χ0n) is 12.1. The molecular formula is C15H30O2. The van der Waals surface area contributed by atoms with Gasteiger partial charge in [0.05, 0.1) is 6.10 Å². The SMILES string of the molecule is CCCCC(OC)C(C=O)CCCCC(C)C. The summed E-state index contributed by atoms with van der Waals surface area (Å²) in [6, 6.07) is 0. The van der Waals surface area contributed by atoms with Crippen LogP contribution in [0.25, 0.3) is 0 Å². The quantitative estimate of drug-likeness (QED) is 0.400. The van der Waals surface area contributed by atoms with Crippen LogP contribution in [0.2, 0.25) is 0 Å². The Hall–Kier alpha value is -0.370. The van der Waals surface area contributed by atoms with Gasteiger partial charge >= 0.3 is 0 Å². The maximum Gasteiger partial charge on any atom is 0.125 e. The molecule has 0 saturated heterocycles. The Bertz CT molecular complexity index is 178. The van der Waals surface area contributed by atoms with E-state index in [0.29, 0.717) is 0 Å². The lowest BCUT2D eigenvalue weighted by Crippen LogP contribution is -2.24. The third-order valence-corrected chi connectivity index (χ3v) is 3.37. The Labute approximate surface area is 107 Å². The van der Waals surface area contributed by atoms with Crippen LogP contribution in [0.4, 0.5) is 0 Å². The molecule has 0 aliphatic rings. The molecule has 17 heavy (non-hydrogen) atoms. The second kappa shape index (κ2) is 10.8. The van der Waals surface area contributed by atoms with Crippen molar-refractivity contribution < 1.29 is 9.53 Å². The predicted octanol–water partition coefficient (Wildman–Crippen LogP) is 4.22. The van der Waals surface area contributed by atoms with E-state index in [1.807, 2.05) is 0 Å². The molecule has 102 valence electrons. The summed E-state index contributed by atoms with van der Waals surface area (Å²) in [6.07, 6.45) is 9.18. The molecule has 2 nitrogen and oxygen atoms in total. The Kier molecular flexibility index (Phi) is 10.5. The molecule has 0 aromatic heterocycles. The average Bonchev–Trinajstić information content (AvgIpc) is 2.32. The van der Waals surface area contributed by atoms with Crippen LogP contribution in [0.1, 0.15) is 65.7 Å². The minimum atomic E-state index is 0.0960. The molecule has 0 spiro atoms. The highest BCUT2D eigenvalue weighted by Gasteiger charge is 2.19. The first kappa shape index (κ1) is 16.6. The van der Waals surface area contributed by atoms with Gasteiger partial charge in [-0.15, -0.1) is 0 Å². The van der Waals surface area contributed by atoms with Crippen molar-refractivity contribution in [3.05, 3.63) is 0 Å². The molecule has 0 rings (SSSR count). The molecule has 0 aromatic carbocycles. The highest BCUT2D eigenvalue weighted by molar-refractivity contribution is 5.54. The number of ether oxygens (including phenoxy) is 1. The molecule has 0 aliphatic heterocycles. The molecule has 0 saturated carbocycles. The van der Waals surface area contributed by atoms with Gasteiger partial charge in [0.1, 0.15) is 6.29 Å². The van der Waals surface area contributed by atoms with E-state index in [4.69, 9.17) is 4.74 Å². The Morgan fingerprint density at radius 2 is 1.71 bits per heavy atom. The summed E-state index contributed by atoms with van der Waals surface area (Å²) in [5.74, 6) is 0.863. The van der Waals surface area contributed by atoms with Gasteiger partial charge in [-0.3, -0.25) is 0 Å². The number of hydrogen-bond acceptors (Lipinski definition) is 2. The van der Waals surface area contributed by atoms with Crippen LogP contribution in [0, 0.1) is 11.8 Å². The van der Waals surface area contributed by atoms with E-state index in [1.54, 1.807) is 7.11 Å². The largest absolute Gasteiger partial charge is 0.381 e. The highest BCUT2D eigenvalue weighted by Crippen LogP contribution is 2.19. The van der Waals surface area contributed by atoms with Crippen LogP contribution in [0.15, 0.2) is 0 Å². The van der Waals surface area contributed by atoms with Gasteiger partial charge in [-0.05, 0) is 18.8 Å². The fourth-order valence-corrected chi connectivity index (χ4v) is 2.19. The van der Waals surface area contributed by atoms with Gasteiger partial charge in [0.15, 0.2) is 0 Å². The average molecular weight is 242 g/mol. The molecule has 0 fully saturated rings. The van der Waals surface area contributed by atoms with Gasteiger partial charge in [0.25, 0.3) is 0 Å². The van der Waals surface area contributed by atoms with Crippen molar-refractivity contribution in [2.24, 2.45) is 11.8 Å². The molecular weight excluding hydrogens is 212 g/mol. The van der Waals surface area contributed by atoms with Crippen molar-refractivity contribution >= 4 is 6.29 Å². The van der Waals surface area contributed by atoms with Crippen LogP contribution >= 0.6 is 0 Å². The number of carbonyl (C=O) groups is 1. The second-order valence-electron chi connectivity index (χ2n) is 5.39. The Balaban J connectivity index is 3.89. The van der Waals surface area contributed by atoms with E-state index in [2.05, 4.69) is 20.8 Å². The van der Waals surface area contributed by atoms with Crippen LogP contribution in [0.3, 0.4) is 0 Å². The summed E-state index contributed by atoms with van der Waals surface area (Å²) in [7, 11) is 1.73. The smallest absolute Gasteiger partial charge is 0.125 e. The van der Waals surface area contributed by atoms with Gasteiger partial charge in [-0.25, -0.2) is 0 Å². The molecule has 2 unspecified atom stereocenters. The van der Waals surface area contributed by atoms with Crippen molar-refractivity contribution in [3.8, 4) is 0 Å². The van der Waals surface area contributed by atoms with Crippen molar-refractivity contribution in [2.75, 3.05) is 7.11 Å². The van der Waals surface area contributed by atoms with Crippen molar-refractivity contribution in [2.45, 2.75) is 71.8 Å². The summed E-state index contributed by atoms with van der Waals surface area (Å²) < 4.78 is 5.45. The van der Waals surface area contributed by atoms with E-state index < -0.39 is 0 Å². The van der Waals surface area contributed by atoms with Gasteiger partial charge < -0.3 is 9.53 Å². The monoisotopic (exact) mass is 242 g/mol. The zero-order valence-corrected chi connectivity index (χ0v) is 12.1. The van der Waals surface area contributed by atoms with Crippen molar-refractivity contribution in [1.29, 1.82) is 0 Å². The molecule has 0 amide bonds. The fourth-order valence-electron chi connectivity index (χ4n) is 2.19. The first-order valence-electron chi connectivity index (χ1n) is 7.13. The van der Waals surface area contributed by atoms with Gasteiger partial charge in [-0.2, -0.15) is 0 Å². The second-order valence-corrected chi connectivity index (χ2v) is 5.39. The Morgan fingerprint density at radius 1 is 1.06 bits per heavy atom. The third kappa shape index (κ3) is 8.37.